The Hall–Kier alpha value is -1.09. The quantitative estimate of drug-likeness (QED) is 0.817. The highest BCUT2D eigenvalue weighted by atomic mass is 32.1. The Labute approximate surface area is 107 Å². The van der Waals surface area contributed by atoms with Crippen LogP contribution in [0.4, 0.5) is 0 Å². The molecule has 1 amide bonds. The summed E-state index contributed by atoms with van der Waals surface area (Å²) in [5.41, 5.74) is 0. The molecule has 3 heteroatoms. The van der Waals surface area contributed by atoms with Crippen molar-refractivity contribution in [2.75, 3.05) is 0 Å². The fourth-order valence-corrected chi connectivity index (χ4v) is 2.92. The molecule has 0 aliphatic heterocycles. The first kappa shape index (κ1) is 12.4. The third-order valence-electron chi connectivity index (χ3n) is 3.38. The van der Waals surface area contributed by atoms with Crippen LogP contribution in [-0.2, 0) is 4.79 Å². The van der Waals surface area contributed by atoms with Crippen LogP contribution in [0, 0.1) is 5.92 Å². The third-order valence-corrected chi connectivity index (χ3v) is 4.22. The second kappa shape index (κ2) is 6.01. The molecule has 0 bridgehead atoms. The Balaban J connectivity index is 1.84. The van der Waals surface area contributed by atoms with Gasteiger partial charge in [-0.05, 0) is 36.3 Å². The maximum atomic E-state index is 11.8. The molecule has 92 valence electrons. The van der Waals surface area contributed by atoms with Crippen molar-refractivity contribution in [3.05, 3.63) is 28.5 Å². The van der Waals surface area contributed by atoms with Crippen LogP contribution in [0.25, 0.3) is 6.08 Å². The van der Waals surface area contributed by atoms with Gasteiger partial charge >= 0.3 is 0 Å². The molecule has 1 saturated carbocycles. The van der Waals surface area contributed by atoms with Gasteiger partial charge in [0.2, 0.25) is 5.91 Å². The molecule has 1 aromatic heterocycles. The summed E-state index contributed by atoms with van der Waals surface area (Å²) in [5, 5.41) is 5.12. The van der Waals surface area contributed by atoms with E-state index in [0.29, 0.717) is 12.0 Å². The van der Waals surface area contributed by atoms with E-state index in [4.69, 9.17) is 0 Å². The highest BCUT2D eigenvalue weighted by Crippen LogP contribution is 2.23. The van der Waals surface area contributed by atoms with Crippen LogP contribution in [0.15, 0.2) is 23.6 Å². The van der Waals surface area contributed by atoms with Gasteiger partial charge in [-0.3, -0.25) is 4.79 Å². The van der Waals surface area contributed by atoms with Crippen LogP contribution in [0.2, 0.25) is 0 Å². The average Bonchev–Trinajstić information content (AvgIpc) is 2.82. The molecule has 0 aromatic carbocycles. The van der Waals surface area contributed by atoms with Crippen molar-refractivity contribution < 1.29 is 4.79 Å². The molecule has 2 atom stereocenters. The standard InChI is InChI=1S/C14H19NOS/c1-11-5-2-3-7-13(11)15-14(16)9-8-12-6-4-10-17-12/h4,6,8-11,13H,2-3,5,7H2,1H3,(H,15,16)/b9-8+/t11-,13-/m1/s1. The van der Waals surface area contributed by atoms with E-state index in [1.165, 1.54) is 19.3 Å². The lowest BCUT2D eigenvalue weighted by Crippen LogP contribution is -2.40. The van der Waals surface area contributed by atoms with Gasteiger partial charge in [-0.25, -0.2) is 0 Å². The van der Waals surface area contributed by atoms with Crippen LogP contribution >= 0.6 is 11.3 Å². The summed E-state index contributed by atoms with van der Waals surface area (Å²) < 4.78 is 0. The Morgan fingerprint density at radius 3 is 3.00 bits per heavy atom. The van der Waals surface area contributed by atoms with Crippen LogP contribution in [0.3, 0.4) is 0 Å². The van der Waals surface area contributed by atoms with Crippen molar-refractivity contribution in [1.29, 1.82) is 0 Å². The van der Waals surface area contributed by atoms with E-state index >= 15 is 0 Å². The van der Waals surface area contributed by atoms with E-state index < -0.39 is 0 Å². The largest absolute Gasteiger partial charge is 0.350 e. The number of amides is 1. The number of hydrogen-bond acceptors (Lipinski definition) is 2. The molecule has 0 saturated heterocycles. The maximum absolute atomic E-state index is 11.8. The van der Waals surface area contributed by atoms with E-state index in [9.17, 15) is 4.79 Å². The molecule has 1 fully saturated rings. The molecule has 2 rings (SSSR count). The summed E-state index contributed by atoms with van der Waals surface area (Å²) in [5.74, 6) is 0.653. The van der Waals surface area contributed by atoms with Crippen molar-refractivity contribution in [1.82, 2.24) is 5.32 Å². The summed E-state index contributed by atoms with van der Waals surface area (Å²) in [4.78, 5) is 12.9. The molecule has 0 spiro atoms. The molecule has 17 heavy (non-hydrogen) atoms. The smallest absolute Gasteiger partial charge is 0.244 e. The van der Waals surface area contributed by atoms with Crippen LogP contribution in [0.1, 0.15) is 37.5 Å². The summed E-state index contributed by atoms with van der Waals surface area (Å²) in [7, 11) is 0. The minimum atomic E-state index is 0.0390. The highest BCUT2D eigenvalue weighted by Gasteiger charge is 2.21. The van der Waals surface area contributed by atoms with Crippen LogP contribution in [-0.4, -0.2) is 11.9 Å². The van der Waals surface area contributed by atoms with Crippen molar-refractivity contribution in [2.24, 2.45) is 5.92 Å². The molecule has 0 unspecified atom stereocenters. The molecule has 1 aliphatic rings. The number of hydrogen-bond donors (Lipinski definition) is 1. The predicted molar refractivity (Wildman–Crippen MR) is 72.9 cm³/mol. The fourth-order valence-electron chi connectivity index (χ4n) is 2.31. The summed E-state index contributed by atoms with van der Waals surface area (Å²) >= 11 is 1.64. The molecule has 0 radical (unpaired) electrons. The zero-order valence-corrected chi connectivity index (χ0v) is 11.0. The van der Waals surface area contributed by atoms with E-state index in [2.05, 4.69) is 12.2 Å². The highest BCUT2D eigenvalue weighted by molar-refractivity contribution is 7.10. The molecule has 1 aliphatic carbocycles. The second-order valence-corrected chi connectivity index (χ2v) is 5.70. The lowest BCUT2D eigenvalue weighted by atomic mass is 9.86. The van der Waals surface area contributed by atoms with Crippen molar-refractivity contribution in [3.63, 3.8) is 0 Å². The first-order valence-electron chi connectivity index (χ1n) is 6.28. The maximum Gasteiger partial charge on any atom is 0.244 e. The van der Waals surface area contributed by atoms with Crippen molar-refractivity contribution >= 4 is 23.3 Å². The summed E-state index contributed by atoms with van der Waals surface area (Å²) in [6.45, 7) is 2.23. The zero-order chi connectivity index (χ0) is 12.1. The zero-order valence-electron chi connectivity index (χ0n) is 10.2. The van der Waals surface area contributed by atoms with E-state index in [1.54, 1.807) is 17.4 Å². The Morgan fingerprint density at radius 1 is 1.47 bits per heavy atom. The van der Waals surface area contributed by atoms with Gasteiger partial charge in [-0.15, -0.1) is 11.3 Å². The van der Waals surface area contributed by atoms with Crippen molar-refractivity contribution in [2.45, 2.75) is 38.6 Å². The lowest BCUT2D eigenvalue weighted by molar-refractivity contribution is -0.117. The lowest BCUT2D eigenvalue weighted by Gasteiger charge is -2.29. The first-order valence-corrected chi connectivity index (χ1v) is 7.16. The second-order valence-electron chi connectivity index (χ2n) is 4.73. The van der Waals surface area contributed by atoms with Crippen LogP contribution in [0.5, 0.6) is 0 Å². The van der Waals surface area contributed by atoms with E-state index in [0.717, 1.165) is 11.3 Å². The van der Waals surface area contributed by atoms with Gasteiger partial charge in [-0.2, -0.15) is 0 Å². The minimum Gasteiger partial charge on any atom is -0.350 e. The van der Waals surface area contributed by atoms with Gasteiger partial charge in [0.15, 0.2) is 0 Å². The normalized spacial score (nSPS) is 25.0. The van der Waals surface area contributed by atoms with Gasteiger partial charge in [0.1, 0.15) is 0 Å². The SMILES string of the molecule is C[C@@H]1CCCC[C@H]1NC(=O)/C=C/c1cccs1. The number of rotatable bonds is 3. The Bertz CT molecular complexity index is 383. The van der Waals surface area contributed by atoms with Gasteiger partial charge in [-0.1, -0.05) is 25.8 Å². The average molecular weight is 249 g/mol. The summed E-state index contributed by atoms with van der Waals surface area (Å²) in [6.07, 6.45) is 8.43. The van der Waals surface area contributed by atoms with Crippen molar-refractivity contribution in [3.8, 4) is 0 Å². The Kier molecular flexibility index (Phi) is 4.37. The predicted octanol–water partition coefficient (Wildman–Crippen LogP) is 3.46. The van der Waals surface area contributed by atoms with Gasteiger partial charge in [0.25, 0.3) is 0 Å². The van der Waals surface area contributed by atoms with Gasteiger partial charge in [0, 0.05) is 17.0 Å². The molecule has 1 aromatic rings. The van der Waals surface area contributed by atoms with E-state index in [1.807, 2.05) is 23.6 Å². The van der Waals surface area contributed by atoms with Crippen LogP contribution < -0.4 is 5.32 Å². The summed E-state index contributed by atoms with van der Waals surface area (Å²) in [6, 6.07) is 4.37. The number of carbonyl (C=O) groups excluding carboxylic acids is 1. The van der Waals surface area contributed by atoms with Gasteiger partial charge in [0.05, 0.1) is 0 Å². The van der Waals surface area contributed by atoms with E-state index in [-0.39, 0.29) is 5.91 Å². The monoisotopic (exact) mass is 249 g/mol. The van der Waals surface area contributed by atoms with Gasteiger partial charge < -0.3 is 5.32 Å². The molecular formula is C14H19NOS. The Morgan fingerprint density at radius 2 is 2.29 bits per heavy atom. The number of thiophene rings is 1. The third kappa shape index (κ3) is 3.70. The minimum absolute atomic E-state index is 0.0390. The fraction of sp³-hybridized carbons (Fsp3) is 0.500. The first-order chi connectivity index (χ1) is 8.25. The topological polar surface area (TPSA) is 29.1 Å². The number of carbonyl (C=O) groups is 1. The molecular weight excluding hydrogens is 230 g/mol. The number of nitrogens with one attached hydrogen (secondary N) is 1. The molecule has 1 N–H and O–H groups in total. The molecule has 1 heterocycles. The molecule has 2 nitrogen and oxygen atoms in total.